The fourth-order valence-corrected chi connectivity index (χ4v) is 1.69. The molecule has 0 amide bonds. The Bertz CT molecular complexity index is 201. The van der Waals surface area contributed by atoms with Crippen LogP contribution in [0.15, 0.2) is 12.2 Å². The average Bonchev–Trinajstić information content (AvgIpc) is 2.18. The molecule has 80 valence electrons. The number of hydrogen-bond acceptors (Lipinski definition) is 2. The summed E-state index contributed by atoms with van der Waals surface area (Å²) < 4.78 is 0. The molecule has 1 rings (SSSR count). The lowest BCUT2D eigenvalue weighted by Gasteiger charge is -2.19. The molecule has 3 nitrogen and oxygen atoms in total. The molecule has 0 fully saturated rings. The summed E-state index contributed by atoms with van der Waals surface area (Å²) in [7, 11) is 0. The molecule has 14 heavy (non-hydrogen) atoms. The van der Waals surface area contributed by atoms with E-state index in [4.69, 9.17) is 5.11 Å². The predicted octanol–water partition coefficient (Wildman–Crippen LogP) is 1.94. The van der Waals surface area contributed by atoms with Gasteiger partial charge in [-0.1, -0.05) is 12.2 Å². The lowest BCUT2D eigenvalue weighted by atomic mass is 10.0. The van der Waals surface area contributed by atoms with Crippen LogP contribution in [0, 0.1) is 0 Å². The van der Waals surface area contributed by atoms with E-state index in [0.717, 1.165) is 25.8 Å². The average molecular weight is 197 g/mol. The van der Waals surface area contributed by atoms with Crippen molar-refractivity contribution in [2.75, 3.05) is 6.54 Å². The zero-order chi connectivity index (χ0) is 10.2. The lowest BCUT2D eigenvalue weighted by Crippen LogP contribution is -2.30. The summed E-state index contributed by atoms with van der Waals surface area (Å²) in [4.78, 5) is 10.2. The highest BCUT2D eigenvalue weighted by Crippen LogP contribution is 2.10. The normalized spacial score (nSPS) is 21.0. The molecule has 1 aliphatic carbocycles. The maximum atomic E-state index is 10.2. The number of nitrogens with one attached hydrogen (secondary N) is 1. The Labute approximate surface area is 85.2 Å². The van der Waals surface area contributed by atoms with E-state index in [1.807, 2.05) is 0 Å². The monoisotopic (exact) mass is 197 g/mol. The summed E-state index contributed by atoms with van der Waals surface area (Å²) in [5.41, 5.74) is 0. The molecule has 0 radical (unpaired) electrons. The number of carboxylic acid groups (broad SMARTS) is 1. The van der Waals surface area contributed by atoms with Crippen LogP contribution in [-0.4, -0.2) is 23.7 Å². The van der Waals surface area contributed by atoms with Gasteiger partial charge in [-0.25, -0.2) is 0 Å². The van der Waals surface area contributed by atoms with Crippen LogP contribution in [0.4, 0.5) is 0 Å². The number of allylic oxidation sites excluding steroid dienone is 1. The van der Waals surface area contributed by atoms with Crippen LogP contribution in [0.1, 0.15) is 38.5 Å². The van der Waals surface area contributed by atoms with Gasteiger partial charge in [0.1, 0.15) is 0 Å². The van der Waals surface area contributed by atoms with Crippen LogP contribution in [0.3, 0.4) is 0 Å². The zero-order valence-electron chi connectivity index (χ0n) is 8.54. The van der Waals surface area contributed by atoms with E-state index in [1.165, 1.54) is 12.8 Å². The van der Waals surface area contributed by atoms with Gasteiger partial charge < -0.3 is 10.4 Å². The molecule has 1 aliphatic rings. The van der Waals surface area contributed by atoms with Crippen molar-refractivity contribution in [2.45, 2.75) is 44.6 Å². The van der Waals surface area contributed by atoms with E-state index in [2.05, 4.69) is 17.5 Å². The van der Waals surface area contributed by atoms with Crippen LogP contribution in [0.2, 0.25) is 0 Å². The second kappa shape index (κ2) is 6.60. The van der Waals surface area contributed by atoms with Crippen LogP contribution in [0.25, 0.3) is 0 Å². The van der Waals surface area contributed by atoms with Crippen molar-refractivity contribution in [2.24, 2.45) is 0 Å². The predicted molar refractivity (Wildman–Crippen MR) is 56.3 cm³/mol. The number of rotatable bonds is 6. The summed E-state index contributed by atoms with van der Waals surface area (Å²) in [6.45, 7) is 0.950. The SMILES string of the molecule is O=C(O)CCCCNC1CC=CCC1. The van der Waals surface area contributed by atoms with Gasteiger partial charge in [-0.15, -0.1) is 0 Å². The summed E-state index contributed by atoms with van der Waals surface area (Å²) in [6, 6.07) is 0.616. The molecule has 0 bridgehead atoms. The van der Waals surface area contributed by atoms with Crippen molar-refractivity contribution < 1.29 is 9.90 Å². The standard InChI is InChI=1S/C11H19NO2/c13-11(14)8-4-5-9-12-10-6-2-1-3-7-10/h1-2,10,12H,3-9H2,(H,13,14). The van der Waals surface area contributed by atoms with Gasteiger partial charge in [-0.3, -0.25) is 4.79 Å². The largest absolute Gasteiger partial charge is 0.481 e. The minimum Gasteiger partial charge on any atom is -0.481 e. The van der Waals surface area contributed by atoms with Crippen LogP contribution in [-0.2, 0) is 4.79 Å². The van der Waals surface area contributed by atoms with Gasteiger partial charge in [0.2, 0.25) is 0 Å². The van der Waals surface area contributed by atoms with E-state index in [0.29, 0.717) is 12.5 Å². The molecule has 0 aliphatic heterocycles. The van der Waals surface area contributed by atoms with Crippen LogP contribution < -0.4 is 5.32 Å². The molecular weight excluding hydrogens is 178 g/mol. The lowest BCUT2D eigenvalue weighted by molar-refractivity contribution is -0.137. The van der Waals surface area contributed by atoms with Gasteiger partial charge in [0.05, 0.1) is 0 Å². The molecule has 0 aromatic carbocycles. The Morgan fingerprint density at radius 1 is 1.43 bits per heavy atom. The molecule has 0 saturated carbocycles. The fraction of sp³-hybridized carbons (Fsp3) is 0.727. The Morgan fingerprint density at radius 2 is 2.29 bits per heavy atom. The van der Waals surface area contributed by atoms with Gasteiger partial charge >= 0.3 is 5.97 Å². The Kier molecular flexibility index (Phi) is 5.30. The van der Waals surface area contributed by atoms with Gasteiger partial charge in [0.15, 0.2) is 0 Å². The third-order valence-corrected chi connectivity index (χ3v) is 2.52. The van der Waals surface area contributed by atoms with Crippen molar-refractivity contribution in [1.29, 1.82) is 0 Å². The molecule has 0 spiro atoms. The van der Waals surface area contributed by atoms with E-state index in [9.17, 15) is 4.79 Å². The van der Waals surface area contributed by atoms with E-state index in [-0.39, 0.29) is 0 Å². The molecule has 0 heterocycles. The minimum absolute atomic E-state index is 0.298. The molecule has 0 saturated heterocycles. The third kappa shape index (κ3) is 5.02. The van der Waals surface area contributed by atoms with E-state index in [1.54, 1.807) is 0 Å². The molecule has 0 aromatic heterocycles. The Hall–Kier alpha value is -0.830. The first-order valence-corrected chi connectivity index (χ1v) is 5.39. The van der Waals surface area contributed by atoms with Gasteiger partial charge in [0.25, 0.3) is 0 Å². The van der Waals surface area contributed by atoms with Crippen molar-refractivity contribution in [3.8, 4) is 0 Å². The summed E-state index contributed by atoms with van der Waals surface area (Å²) >= 11 is 0. The highest BCUT2D eigenvalue weighted by atomic mass is 16.4. The van der Waals surface area contributed by atoms with Gasteiger partial charge in [-0.2, -0.15) is 0 Å². The third-order valence-electron chi connectivity index (χ3n) is 2.52. The number of carbonyl (C=O) groups is 1. The molecule has 0 aromatic rings. The first kappa shape index (κ1) is 11.2. The second-order valence-corrected chi connectivity index (χ2v) is 3.79. The van der Waals surface area contributed by atoms with Crippen molar-refractivity contribution in [3.63, 3.8) is 0 Å². The number of unbranched alkanes of at least 4 members (excludes halogenated alkanes) is 1. The molecule has 1 unspecified atom stereocenters. The van der Waals surface area contributed by atoms with Gasteiger partial charge in [0, 0.05) is 12.5 Å². The van der Waals surface area contributed by atoms with Crippen molar-refractivity contribution in [3.05, 3.63) is 12.2 Å². The second-order valence-electron chi connectivity index (χ2n) is 3.79. The topological polar surface area (TPSA) is 49.3 Å². The highest BCUT2D eigenvalue weighted by molar-refractivity contribution is 5.66. The fourth-order valence-electron chi connectivity index (χ4n) is 1.69. The van der Waals surface area contributed by atoms with Crippen LogP contribution in [0.5, 0.6) is 0 Å². The first-order valence-electron chi connectivity index (χ1n) is 5.39. The van der Waals surface area contributed by atoms with Crippen molar-refractivity contribution in [1.82, 2.24) is 5.32 Å². The summed E-state index contributed by atoms with van der Waals surface area (Å²) in [5, 5.41) is 11.9. The smallest absolute Gasteiger partial charge is 0.303 e. The maximum absolute atomic E-state index is 10.2. The number of aliphatic carboxylic acids is 1. The number of hydrogen-bond donors (Lipinski definition) is 2. The Morgan fingerprint density at radius 3 is 2.93 bits per heavy atom. The Balaban J connectivity index is 1.93. The summed E-state index contributed by atoms with van der Waals surface area (Å²) in [6.07, 6.45) is 10.0. The molecule has 3 heteroatoms. The molecule has 2 N–H and O–H groups in total. The maximum Gasteiger partial charge on any atom is 0.303 e. The number of carboxylic acids is 1. The summed E-state index contributed by atoms with van der Waals surface area (Å²) in [5.74, 6) is -0.689. The van der Waals surface area contributed by atoms with E-state index < -0.39 is 5.97 Å². The molecular formula is C11H19NO2. The quantitative estimate of drug-likeness (QED) is 0.505. The van der Waals surface area contributed by atoms with Gasteiger partial charge in [-0.05, 0) is 38.6 Å². The first-order chi connectivity index (χ1) is 6.79. The van der Waals surface area contributed by atoms with Crippen LogP contribution >= 0.6 is 0 Å². The van der Waals surface area contributed by atoms with Crippen molar-refractivity contribution >= 4 is 5.97 Å². The molecule has 1 atom stereocenters. The van der Waals surface area contributed by atoms with E-state index >= 15 is 0 Å². The minimum atomic E-state index is -0.689. The highest BCUT2D eigenvalue weighted by Gasteiger charge is 2.07. The zero-order valence-corrected chi connectivity index (χ0v) is 8.54.